The van der Waals surface area contributed by atoms with E-state index in [2.05, 4.69) is 0 Å². The fourth-order valence-corrected chi connectivity index (χ4v) is 1.66. The molecule has 5 heteroatoms. The van der Waals surface area contributed by atoms with Crippen LogP contribution in [0.4, 0.5) is 4.79 Å². The normalized spacial score (nSPS) is 19.3. The first kappa shape index (κ1) is 13.7. The van der Waals surface area contributed by atoms with Crippen LogP contribution in [0.5, 0.6) is 5.75 Å². The lowest BCUT2D eigenvalue weighted by atomic mass is 10.2. The molecule has 0 N–H and O–H groups in total. The Balaban J connectivity index is 1.99. The lowest BCUT2D eigenvalue weighted by Gasteiger charge is -2.27. The minimum absolute atomic E-state index is 0.425. The van der Waals surface area contributed by atoms with Gasteiger partial charge in [0.05, 0.1) is 13.2 Å². The molecule has 1 heterocycles. The highest BCUT2D eigenvalue weighted by Crippen LogP contribution is 2.20. The van der Waals surface area contributed by atoms with Gasteiger partial charge in [0, 0.05) is 0 Å². The summed E-state index contributed by atoms with van der Waals surface area (Å²) in [6.45, 7) is 6.39. The maximum Gasteiger partial charge on any atom is 0.415 e. The number of benzene rings is 1. The lowest BCUT2D eigenvalue weighted by Crippen LogP contribution is -2.42. The summed E-state index contributed by atoms with van der Waals surface area (Å²) in [5.74, 6) is 0.656. The Hall–Kier alpha value is -1.75. The maximum absolute atomic E-state index is 12.0. The summed E-state index contributed by atoms with van der Waals surface area (Å²) in [5.41, 5.74) is -0.531. The first-order valence-corrected chi connectivity index (χ1v) is 6.29. The van der Waals surface area contributed by atoms with Crippen LogP contribution in [0.1, 0.15) is 20.8 Å². The van der Waals surface area contributed by atoms with Crippen molar-refractivity contribution in [1.82, 2.24) is 4.90 Å². The first-order valence-electron chi connectivity index (χ1n) is 6.29. The van der Waals surface area contributed by atoms with Crippen molar-refractivity contribution in [2.24, 2.45) is 0 Å². The molecule has 1 saturated heterocycles. The average molecular weight is 265 g/mol. The number of hydrogen-bond donors (Lipinski definition) is 0. The minimum atomic E-state index is -0.725. The van der Waals surface area contributed by atoms with Crippen LogP contribution in [0.15, 0.2) is 30.3 Å². The van der Waals surface area contributed by atoms with Crippen molar-refractivity contribution >= 4 is 6.09 Å². The molecule has 0 saturated carbocycles. The molecule has 0 bridgehead atoms. The number of para-hydroxylation sites is 1. The predicted octanol–water partition coefficient (Wildman–Crippen LogP) is 2.62. The van der Waals surface area contributed by atoms with Crippen LogP contribution in [0.2, 0.25) is 0 Å². The predicted molar refractivity (Wildman–Crippen MR) is 69.8 cm³/mol. The van der Waals surface area contributed by atoms with Crippen LogP contribution < -0.4 is 4.74 Å². The highest BCUT2D eigenvalue weighted by molar-refractivity contribution is 5.68. The zero-order valence-corrected chi connectivity index (χ0v) is 11.5. The van der Waals surface area contributed by atoms with E-state index >= 15 is 0 Å². The molecule has 0 aliphatic carbocycles. The zero-order chi connectivity index (χ0) is 13.9. The van der Waals surface area contributed by atoms with Crippen LogP contribution in [0.25, 0.3) is 0 Å². The summed E-state index contributed by atoms with van der Waals surface area (Å²) in [6, 6.07) is 9.25. The molecule has 1 aliphatic heterocycles. The van der Waals surface area contributed by atoms with Gasteiger partial charge in [0.1, 0.15) is 11.4 Å². The first-order chi connectivity index (χ1) is 8.96. The van der Waals surface area contributed by atoms with Crippen molar-refractivity contribution in [3.05, 3.63) is 30.3 Å². The average Bonchev–Trinajstić information content (AvgIpc) is 2.76. The fraction of sp³-hybridized carbons (Fsp3) is 0.500. The van der Waals surface area contributed by atoms with Crippen LogP contribution >= 0.6 is 0 Å². The van der Waals surface area contributed by atoms with Gasteiger partial charge in [-0.2, -0.15) is 0 Å². The third kappa shape index (κ3) is 3.86. The van der Waals surface area contributed by atoms with Crippen molar-refractivity contribution in [1.29, 1.82) is 0 Å². The van der Waals surface area contributed by atoms with E-state index in [4.69, 9.17) is 14.2 Å². The molecule has 1 fully saturated rings. The van der Waals surface area contributed by atoms with E-state index in [-0.39, 0.29) is 0 Å². The van der Waals surface area contributed by atoms with Crippen molar-refractivity contribution in [3.63, 3.8) is 0 Å². The quantitative estimate of drug-likeness (QED) is 0.824. The van der Waals surface area contributed by atoms with E-state index < -0.39 is 18.1 Å². The van der Waals surface area contributed by atoms with Gasteiger partial charge in [0.25, 0.3) is 6.41 Å². The van der Waals surface area contributed by atoms with Crippen molar-refractivity contribution in [2.45, 2.75) is 32.8 Å². The second kappa shape index (κ2) is 5.48. The van der Waals surface area contributed by atoms with E-state index in [9.17, 15) is 4.79 Å². The molecule has 104 valence electrons. The van der Waals surface area contributed by atoms with Gasteiger partial charge in [-0.25, -0.2) is 9.69 Å². The van der Waals surface area contributed by atoms with Crippen molar-refractivity contribution in [2.75, 3.05) is 13.2 Å². The molecule has 2 rings (SSSR count). The number of rotatable bonds is 2. The Morgan fingerprint density at radius 3 is 2.63 bits per heavy atom. The summed E-state index contributed by atoms with van der Waals surface area (Å²) in [7, 11) is 0. The van der Waals surface area contributed by atoms with E-state index in [1.165, 1.54) is 4.90 Å². The Morgan fingerprint density at radius 1 is 1.32 bits per heavy atom. The van der Waals surface area contributed by atoms with Gasteiger partial charge in [-0.3, -0.25) is 0 Å². The third-order valence-electron chi connectivity index (χ3n) is 2.46. The number of carbonyl (C=O) groups is 1. The van der Waals surface area contributed by atoms with E-state index in [1.807, 2.05) is 51.1 Å². The number of hydrogen-bond acceptors (Lipinski definition) is 4. The topological polar surface area (TPSA) is 48.0 Å². The molecule has 1 aromatic rings. The summed E-state index contributed by atoms with van der Waals surface area (Å²) < 4.78 is 16.4. The molecule has 1 amide bonds. The molecule has 1 unspecified atom stereocenters. The number of carbonyl (C=O) groups excluding carboxylic acids is 1. The highest BCUT2D eigenvalue weighted by atomic mass is 16.7. The second-order valence-corrected chi connectivity index (χ2v) is 5.28. The molecule has 5 nitrogen and oxygen atoms in total. The third-order valence-corrected chi connectivity index (χ3v) is 2.46. The molecule has 0 aromatic heterocycles. The molecule has 1 aliphatic rings. The zero-order valence-electron chi connectivity index (χ0n) is 11.5. The summed E-state index contributed by atoms with van der Waals surface area (Å²) >= 11 is 0. The van der Waals surface area contributed by atoms with Crippen molar-refractivity contribution < 1.29 is 19.0 Å². The monoisotopic (exact) mass is 265 g/mol. The van der Waals surface area contributed by atoms with Gasteiger partial charge in [0.2, 0.25) is 0 Å². The summed E-state index contributed by atoms with van der Waals surface area (Å²) in [6.07, 6.45) is -1.15. The minimum Gasteiger partial charge on any atom is -0.446 e. The molecule has 1 atom stereocenters. The van der Waals surface area contributed by atoms with Crippen molar-refractivity contribution in [3.8, 4) is 5.75 Å². The van der Waals surface area contributed by atoms with Gasteiger partial charge in [-0.15, -0.1) is 0 Å². The van der Waals surface area contributed by atoms with Gasteiger partial charge >= 0.3 is 6.09 Å². The number of nitrogens with zero attached hydrogens (tertiary/aromatic N) is 1. The summed E-state index contributed by atoms with van der Waals surface area (Å²) in [4.78, 5) is 13.4. The van der Waals surface area contributed by atoms with Crippen LogP contribution in [0.3, 0.4) is 0 Å². The Kier molecular flexibility index (Phi) is 3.95. The summed E-state index contributed by atoms with van der Waals surface area (Å²) in [5, 5.41) is 0. The fourth-order valence-electron chi connectivity index (χ4n) is 1.66. The van der Waals surface area contributed by atoms with Crippen LogP contribution in [-0.2, 0) is 9.47 Å². The van der Waals surface area contributed by atoms with Gasteiger partial charge in [-0.05, 0) is 32.9 Å². The number of ether oxygens (including phenoxy) is 3. The standard InChI is InChI=1S/C14H19NO4/c1-14(2,3)19-12(16)15-9-10-17-13(15)18-11-7-5-4-6-8-11/h4-8,13H,9-10H2,1-3H3. The maximum atomic E-state index is 12.0. The smallest absolute Gasteiger partial charge is 0.415 e. The highest BCUT2D eigenvalue weighted by Gasteiger charge is 2.34. The van der Waals surface area contributed by atoms with E-state index in [0.29, 0.717) is 18.9 Å². The largest absolute Gasteiger partial charge is 0.446 e. The van der Waals surface area contributed by atoms with Gasteiger partial charge in [0.15, 0.2) is 0 Å². The van der Waals surface area contributed by atoms with Gasteiger partial charge < -0.3 is 14.2 Å². The molecule has 19 heavy (non-hydrogen) atoms. The van der Waals surface area contributed by atoms with E-state index in [0.717, 1.165) is 0 Å². The Bertz CT molecular complexity index is 427. The molecule has 0 spiro atoms. The number of amides is 1. The SMILES string of the molecule is CC(C)(C)OC(=O)N1CCOC1Oc1ccccc1. The second-order valence-electron chi connectivity index (χ2n) is 5.28. The molecule has 0 radical (unpaired) electrons. The lowest BCUT2D eigenvalue weighted by molar-refractivity contribution is -0.111. The van der Waals surface area contributed by atoms with E-state index in [1.54, 1.807) is 0 Å². The van der Waals surface area contributed by atoms with Crippen LogP contribution in [0, 0.1) is 0 Å². The molecular formula is C14H19NO4. The van der Waals surface area contributed by atoms with Crippen LogP contribution in [-0.4, -0.2) is 36.2 Å². The molecular weight excluding hydrogens is 246 g/mol. The molecule has 1 aromatic carbocycles. The van der Waals surface area contributed by atoms with Gasteiger partial charge in [-0.1, -0.05) is 18.2 Å². The Morgan fingerprint density at radius 2 is 2.00 bits per heavy atom. The Labute approximate surface area is 113 Å².